The highest BCUT2D eigenvalue weighted by molar-refractivity contribution is 9.10. The predicted octanol–water partition coefficient (Wildman–Crippen LogP) is 3.50. The maximum Gasteiger partial charge on any atom is 0.274 e. The van der Waals surface area contributed by atoms with E-state index in [0.717, 1.165) is 4.47 Å². The Bertz CT molecular complexity index is 1110. The summed E-state index contributed by atoms with van der Waals surface area (Å²) in [5, 5.41) is 10.7. The average Bonchev–Trinajstić information content (AvgIpc) is 2.70. The minimum Gasteiger partial charge on any atom is -0.350 e. The molecule has 3 aromatic rings. The lowest BCUT2D eigenvalue weighted by Crippen LogP contribution is -2.32. The highest BCUT2D eigenvalue weighted by Gasteiger charge is 2.17. The minimum atomic E-state index is -0.424. The van der Waals surface area contributed by atoms with Gasteiger partial charge in [0.25, 0.3) is 11.5 Å². The SMILES string of the molecule is CC(C)n1nc(C(=O)NCCC(=O)Nc2ccc(Br)cc2)c2ccccc2c1=O. The molecule has 0 unspecified atom stereocenters. The largest absolute Gasteiger partial charge is 0.350 e. The number of rotatable bonds is 6. The lowest BCUT2D eigenvalue weighted by Gasteiger charge is -2.13. The van der Waals surface area contributed by atoms with E-state index in [-0.39, 0.29) is 36.2 Å². The van der Waals surface area contributed by atoms with Crippen molar-refractivity contribution in [1.29, 1.82) is 0 Å². The van der Waals surface area contributed by atoms with Crippen molar-refractivity contribution in [3.05, 3.63) is 69.1 Å². The van der Waals surface area contributed by atoms with Gasteiger partial charge >= 0.3 is 0 Å². The average molecular weight is 457 g/mol. The molecule has 0 saturated heterocycles. The molecule has 0 aliphatic carbocycles. The fraction of sp³-hybridized carbons (Fsp3) is 0.238. The zero-order valence-corrected chi connectivity index (χ0v) is 17.7. The maximum atomic E-state index is 12.7. The Balaban J connectivity index is 1.70. The van der Waals surface area contributed by atoms with Gasteiger partial charge in [-0.3, -0.25) is 14.4 Å². The summed E-state index contributed by atoms with van der Waals surface area (Å²) in [5.74, 6) is -0.635. The van der Waals surface area contributed by atoms with E-state index in [2.05, 4.69) is 31.7 Å². The summed E-state index contributed by atoms with van der Waals surface area (Å²) < 4.78 is 2.22. The fourth-order valence-electron chi connectivity index (χ4n) is 2.85. The maximum absolute atomic E-state index is 12.7. The van der Waals surface area contributed by atoms with Crippen LogP contribution in [0.4, 0.5) is 5.69 Å². The monoisotopic (exact) mass is 456 g/mol. The molecule has 0 bridgehead atoms. The van der Waals surface area contributed by atoms with E-state index in [4.69, 9.17) is 0 Å². The molecule has 0 saturated carbocycles. The number of aromatic nitrogens is 2. The smallest absolute Gasteiger partial charge is 0.274 e. The second-order valence-corrected chi connectivity index (χ2v) is 7.71. The minimum absolute atomic E-state index is 0.115. The Kier molecular flexibility index (Phi) is 6.43. The van der Waals surface area contributed by atoms with Crippen LogP contribution < -0.4 is 16.2 Å². The molecule has 0 atom stereocenters. The molecule has 0 spiro atoms. The van der Waals surface area contributed by atoms with E-state index in [9.17, 15) is 14.4 Å². The van der Waals surface area contributed by atoms with Crippen molar-refractivity contribution in [1.82, 2.24) is 15.1 Å². The molecule has 0 aliphatic rings. The van der Waals surface area contributed by atoms with Crippen LogP contribution in [0.25, 0.3) is 10.8 Å². The Labute approximate surface area is 176 Å². The van der Waals surface area contributed by atoms with Crippen LogP contribution in [0.15, 0.2) is 57.8 Å². The first-order valence-corrected chi connectivity index (χ1v) is 10.0. The van der Waals surface area contributed by atoms with E-state index in [1.54, 1.807) is 36.4 Å². The van der Waals surface area contributed by atoms with Crippen LogP contribution in [0, 0.1) is 0 Å². The zero-order chi connectivity index (χ0) is 21.0. The van der Waals surface area contributed by atoms with Gasteiger partial charge in [-0.05, 0) is 44.2 Å². The van der Waals surface area contributed by atoms with Gasteiger partial charge < -0.3 is 10.6 Å². The Hall–Kier alpha value is -3.00. The summed E-state index contributed by atoms with van der Waals surface area (Å²) in [6.45, 7) is 3.81. The van der Waals surface area contributed by atoms with Crippen molar-refractivity contribution >= 4 is 44.2 Å². The molecule has 8 heteroatoms. The van der Waals surface area contributed by atoms with E-state index in [0.29, 0.717) is 16.5 Å². The molecular weight excluding hydrogens is 436 g/mol. The van der Waals surface area contributed by atoms with Crippen LogP contribution in [-0.4, -0.2) is 28.1 Å². The lowest BCUT2D eigenvalue weighted by atomic mass is 10.1. The first-order valence-electron chi connectivity index (χ1n) is 9.22. The number of nitrogens with one attached hydrogen (secondary N) is 2. The van der Waals surface area contributed by atoms with E-state index in [1.807, 2.05) is 26.0 Å². The van der Waals surface area contributed by atoms with Crippen molar-refractivity contribution in [3.8, 4) is 0 Å². The van der Waals surface area contributed by atoms with Crippen molar-refractivity contribution in [2.75, 3.05) is 11.9 Å². The van der Waals surface area contributed by atoms with Gasteiger partial charge in [0, 0.05) is 28.5 Å². The number of benzene rings is 2. The third kappa shape index (κ3) is 4.89. The molecule has 2 N–H and O–H groups in total. The van der Waals surface area contributed by atoms with Crippen molar-refractivity contribution in [3.63, 3.8) is 0 Å². The molecule has 2 amide bonds. The summed E-state index contributed by atoms with van der Waals surface area (Å²) in [4.78, 5) is 37.3. The van der Waals surface area contributed by atoms with Gasteiger partial charge in [0.1, 0.15) is 0 Å². The van der Waals surface area contributed by atoms with E-state index < -0.39 is 5.91 Å². The van der Waals surface area contributed by atoms with Gasteiger partial charge in [-0.1, -0.05) is 34.1 Å². The molecule has 1 heterocycles. The van der Waals surface area contributed by atoms with Crippen LogP contribution in [0.2, 0.25) is 0 Å². The van der Waals surface area contributed by atoms with Crippen LogP contribution in [0.3, 0.4) is 0 Å². The quantitative estimate of drug-likeness (QED) is 0.593. The molecule has 3 rings (SSSR count). The van der Waals surface area contributed by atoms with Crippen LogP contribution >= 0.6 is 15.9 Å². The molecule has 150 valence electrons. The number of fused-ring (bicyclic) bond motifs is 1. The van der Waals surface area contributed by atoms with Crippen LogP contribution in [0.5, 0.6) is 0 Å². The van der Waals surface area contributed by atoms with Crippen molar-refractivity contribution < 1.29 is 9.59 Å². The highest BCUT2D eigenvalue weighted by atomic mass is 79.9. The van der Waals surface area contributed by atoms with Crippen molar-refractivity contribution in [2.24, 2.45) is 0 Å². The molecule has 0 aliphatic heterocycles. The molecule has 0 radical (unpaired) electrons. The molecule has 0 fully saturated rings. The first-order chi connectivity index (χ1) is 13.9. The molecular formula is C21H21BrN4O3. The molecule has 7 nitrogen and oxygen atoms in total. The van der Waals surface area contributed by atoms with E-state index in [1.165, 1.54) is 4.68 Å². The van der Waals surface area contributed by atoms with Crippen molar-refractivity contribution in [2.45, 2.75) is 26.3 Å². The number of hydrogen-bond acceptors (Lipinski definition) is 4. The number of carbonyl (C=O) groups is 2. The lowest BCUT2D eigenvalue weighted by molar-refractivity contribution is -0.116. The number of hydrogen-bond donors (Lipinski definition) is 2. The normalized spacial score (nSPS) is 10.9. The third-order valence-electron chi connectivity index (χ3n) is 4.30. The van der Waals surface area contributed by atoms with Crippen LogP contribution in [-0.2, 0) is 4.79 Å². The summed E-state index contributed by atoms with van der Waals surface area (Å²) in [7, 11) is 0. The van der Waals surface area contributed by atoms with Gasteiger partial charge in [-0.2, -0.15) is 5.10 Å². The molecule has 29 heavy (non-hydrogen) atoms. The predicted molar refractivity (Wildman–Crippen MR) is 116 cm³/mol. The van der Waals surface area contributed by atoms with Gasteiger partial charge in [0.2, 0.25) is 5.91 Å². The number of amides is 2. The summed E-state index contributed by atoms with van der Waals surface area (Å²) in [5.41, 5.74) is 0.615. The van der Waals surface area contributed by atoms with Gasteiger partial charge in [-0.25, -0.2) is 4.68 Å². The Morgan fingerprint density at radius 2 is 1.72 bits per heavy atom. The Morgan fingerprint density at radius 3 is 2.38 bits per heavy atom. The summed E-state index contributed by atoms with van der Waals surface area (Å²) in [6, 6.07) is 13.9. The summed E-state index contributed by atoms with van der Waals surface area (Å²) >= 11 is 3.34. The van der Waals surface area contributed by atoms with Gasteiger partial charge in [0.05, 0.1) is 11.4 Å². The topological polar surface area (TPSA) is 93.1 Å². The molecule has 1 aromatic heterocycles. The standard InChI is InChI=1S/C21H21BrN4O3/c1-13(2)26-21(29)17-6-4-3-5-16(17)19(25-26)20(28)23-12-11-18(27)24-15-9-7-14(22)8-10-15/h3-10,13H,11-12H2,1-2H3,(H,23,28)(H,24,27). The number of nitrogens with zero attached hydrogens (tertiary/aromatic N) is 2. The summed E-state index contributed by atoms with van der Waals surface area (Å²) in [6.07, 6.45) is 0.115. The third-order valence-corrected chi connectivity index (χ3v) is 4.83. The fourth-order valence-corrected chi connectivity index (χ4v) is 3.12. The second-order valence-electron chi connectivity index (χ2n) is 6.80. The second kappa shape index (κ2) is 9.00. The number of anilines is 1. The van der Waals surface area contributed by atoms with Crippen LogP contribution in [0.1, 0.15) is 36.8 Å². The Morgan fingerprint density at radius 1 is 1.07 bits per heavy atom. The van der Waals surface area contributed by atoms with Gasteiger partial charge in [0.15, 0.2) is 5.69 Å². The van der Waals surface area contributed by atoms with E-state index >= 15 is 0 Å². The molecule has 2 aromatic carbocycles. The zero-order valence-electron chi connectivity index (χ0n) is 16.1. The number of halogens is 1. The first kappa shape index (κ1) is 20.7. The highest BCUT2D eigenvalue weighted by Crippen LogP contribution is 2.15. The number of carbonyl (C=O) groups excluding carboxylic acids is 2. The van der Waals surface area contributed by atoms with Gasteiger partial charge in [-0.15, -0.1) is 0 Å².